The second kappa shape index (κ2) is 16.6. The largest absolute Gasteiger partial charge is 0.496 e. The summed E-state index contributed by atoms with van der Waals surface area (Å²) in [5, 5.41) is 20.1. The Balaban J connectivity index is 1.17. The zero-order chi connectivity index (χ0) is 36.5. The fourth-order valence-electron chi connectivity index (χ4n) is 6.77. The molecule has 52 heavy (non-hydrogen) atoms. The van der Waals surface area contributed by atoms with Gasteiger partial charge in [0.1, 0.15) is 41.1 Å². The van der Waals surface area contributed by atoms with Gasteiger partial charge in [-0.05, 0) is 59.2 Å². The van der Waals surface area contributed by atoms with Gasteiger partial charge in [0.15, 0.2) is 0 Å². The summed E-state index contributed by atoms with van der Waals surface area (Å²) < 4.78 is 18.4. The van der Waals surface area contributed by atoms with E-state index in [1.54, 1.807) is 41.2 Å². The molecule has 0 saturated carbocycles. The first-order valence-corrected chi connectivity index (χ1v) is 17.4. The molecule has 4 aromatic rings. The van der Waals surface area contributed by atoms with Crippen molar-refractivity contribution < 1.29 is 23.8 Å². The average Bonchev–Trinajstić information content (AvgIpc) is 3.20. The molecular formula is C43H40N4O5. The molecule has 2 fully saturated rings. The van der Waals surface area contributed by atoms with Gasteiger partial charge in [-0.25, -0.2) is 0 Å². The molecule has 0 aromatic heterocycles. The van der Waals surface area contributed by atoms with Crippen LogP contribution in [0.15, 0.2) is 104 Å². The molecule has 0 spiro atoms. The Morgan fingerprint density at radius 1 is 0.750 bits per heavy atom. The Hall–Kier alpha value is -6.32. The van der Waals surface area contributed by atoms with Crippen LogP contribution in [0.1, 0.15) is 42.4 Å². The highest BCUT2D eigenvalue weighted by atomic mass is 16.5. The van der Waals surface area contributed by atoms with Crippen LogP contribution in [0.4, 0.5) is 0 Å². The molecule has 0 unspecified atom stereocenters. The molecule has 9 nitrogen and oxygen atoms in total. The number of likely N-dealkylation sites (tertiary alicyclic amines) is 2. The van der Waals surface area contributed by atoms with E-state index in [0.717, 1.165) is 11.1 Å². The summed E-state index contributed by atoms with van der Waals surface area (Å²) in [6.45, 7) is 5.71. The van der Waals surface area contributed by atoms with E-state index in [0.29, 0.717) is 96.9 Å². The first-order valence-electron chi connectivity index (χ1n) is 17.4. The Kier molecular flexibility index (Phi) is 11.3. The summed E-state index contributed by atoms with van der Waals surface area (Å²) in [5.74, 6) is 1.44. The van der Waals surface area contributed by atoms with Gasteiger partial charge in [0.2, 0.25) is 11.8 Å². The first-order chi connectivity index (χ1) is 25.4. The molecule has 4 aromatic carbocycles. The molecule has 0 atom stereocenters. The van der Waals surface area contributed by atoms with Crippen molar-refractivity contribution in [2.45, 2.75) is 37.9 Å². The standard InChI is InChI=1S/C43H40N4O5/c1-3-41(48)46-21-19-35(20-22-46)52-40-15-13-32(43(38(40)29-45)37-11-7-8-12-39(37)50-2)14-16-42(49)47-23-17-34(18-24-47)51-36-26-30(28-44)25-33(27-36)31-9-5-4-6-10-31/h3-16,25-27,34-35H,1,17-24H2,2H3/b16-14+. The lowest BCUT2D eigenvalue weighted by atomic mass is 9.92. The molecule has 2 aliphatic heterocycles. The molecule has 2 amide bonds. The van der Waals surface area contributed by atoms with Crippen molar-refractivity contribution in [3.8, 4) is 51.6 Å². The lowest BCUT2D eigenvalue weighted by Gasteiger charge is -2.32. The predicted octanol–water partition coefficient (Wildman–Crippen LogP) is 7.41. The van der Waals surface area contributed by atoms with Crippen LogP contribution in [-0.4, -0.2) is 67.1 Å². The topological polar surface area (TPSA) is 116 Å². The average molecular weight is 693 g/mol. The van der Waals surface area contributed by atoms with Gasteiger partial charge in [-0.3, -0.25) is 9.59 Å². The second-order valence-corrected chi connectivity index (χ2v) is 12.8. The summed E-state index contributed by atoms with van der Waals surface area (Å²) >= 11 is 0. The van der Waals surface area contributed by atoms with Gasteiger partial charge in [-0.2, -0.15) is 10.5 Å². The number of carbonyl (C=O) groups is 2. The molecule has 262 valence electrons. The number of benzene rings is 4. The van der Waals surface area contributed by atoms with Gasteiger partial charge in [0.05, 0.1) is 18.7 Å². The van der Waals surface area contributed by atoms with E-state index in [9.17, 15) is 20.1 Å². The Bertz CT molecular complexity index is 2050. The molecule has 0 bridgehead atoms. The predicted molar refractivity (Wildman–Crippen MR) is 199 cm³/mol. The summed E-state index contributed by atoms with van der Waals surface area (Å²) in [7, 11) is 1.58. The fraction of sp³-hybridized carbons (Fsp3) is 0.256. The first kappa shape index (κ1) is 35.5. The van der Waals surface area contributed by atoms with Crippen LogP contribution in [0.2, 0.25) is 0 Å². The van der Waals surface area contributed by atoms with Gasteiger partial charge >= 0.3 is 0 Å². The number of amides is 2. The molecule has 9 heteroatoms. The Morgan fingerprint density at radius 3 is 2.06 bits per heavy atom. The number of nitrogens with zero attached hydrogens (tertiary/aromatic N) is 4. The van der Waals surface area contributed by atoms with E-state index in [-0.39, 0.29) is 24.0 Å². The van der Waals surface area contributed by atoms with Crippen molar-refractivity contribution in [2.75, 3.05) is 33.3 Å². The van der Waals surface area contributed by atoms with E-state index in [1.807, 2.05) is 72.8 Å². The van der Waals surface area contributed by atoms with Crippen LogP contribution >= 0.6 is 0 Å². The summed E-state index contributed by atoms with van der Waals surface area (Å²) in [4.78, 5) is 29.1. The summed E-state index contributed by atoms with van der Waals surface area (Å²) in [6, 6.07) is 31.1. The number of rotatable bonds is 10. The van der Waals surface area contributed by atoms with Crippen LogP contribution in [0.3, 0.4) is 0 Å². The van der Waals surface area contributed by atoms with Crippen LogP contribution in [0.25, 0.3) is 28.3 Å². The van der Waals surface area contributed by atoms with E-state index in [4.69, 9.17) is 14.2 Å². The zero-order valence-electron chi connectivity index (χ0n) is 29.2. The quantitative estimate of drug-likeness (QED) is 0.159. The third-order valence-corrected chi connectivity index (χ3v) is 9.51. The van der Waals surface area contributed by atoms with Gasteiger partial charge in [-0.1, -0.05) is 61.2 Å². The normalized spacial score (nSPS) is 15.1. The summed E-state index contributed by atoms with van der Waals surface area (Å²) in [5.41, 5.74) is 4.80. The molecule has 2 saturated heterocycles. The third-order valence-electron chi connectivity index (χ3n) is 9.51. The molecule has 0 aliphatic carbocycles. The smallest absolute Gasteiger partial charge is 0.246 e. The lowest BCUT2D eigenvalue weighted by molar-refractivity contribution is -0.128. The van der Waals surface area contributed by atoms with Gasteiger partial charge in [0.25, 0.3) is 0 Å². The van der Waals surface area contributed by atoms with Crippen molar-refractivity contribution in [1.29, 1.82) is 10.5 Å². The van der Waals surface area contributed by atoms with Crippen LogP contribution in [0, 0.1) is 22.7 Å². The minimum absolute atomic E-state index is 0.0943. The van der Waals surface area contributed by atoms with Crippen molar-refractivity contribution in [3.63, 3.8) is 0 Å². The van der Waals surface area contributed by atoms with Crippen molar-refractivity contribution >= 4 is 17.9 Å². The molecule has 2 heterocycles. The number of nitriles is 2. The number of carbonyl (C=O) groups excluding carboxylic acids is 2. The number of hydrogen-bond donors (Lipinski definition) is 0. The summed E-state index contributed by atoms with van der Waals surface area (Å²) in [6.07, 6.45) is 6.92. The number of hydrogen-bond acceptors (Lipinski definition) is 7. The van der Waals surface area contributed by atoms with Crippen LogP contribution in [0.5, 0.6) is 17.2 Å². The SMILES string of the molecule is C=CC(=O)N1CCC(Oc2ccc(/C=C/C(=O)N3CCC(Oc4cc(C#N)cc(-c5ccccc5)c4)CC3)c(-c3ccccc3OC)c2C#N)CC1. The molecule has 6 rings (SSSR count). The van der Waals surface area contributed by atoms with E-state index < -0.39 is 0 Å². The number of methoxy groups -OCH3 is 1. The van der Waals surface area contributed by atoms with Gasteiger partial charge < -0.3 is 24.0 Å². The van der Waals surface area contributed by atoms with Crippen molar-refractivity contribution in [1.82, 2.24) is 9.80 Å². The number of ether oxygens (including phenoxy) is 3. The monoisotopic (exact) mass is 692 g/mol. The molecule has 0 N–H and O–H groups in total. The highest BCUT2D eigenvalue weighted by molar-refractivity contribution is 5.95. The van der Waals surface area contributed by atoms with E-state index in [1.165, 1.54) is 6.08 Å². The highest BCUT2D eigenvalue weighted by Gasteiger charge is 2.26. The maximum Gasteiger partial charge on any atom is 0.246 e. The van der Waals surface area contributed by atoms with Crippen molar-refractivity contribution in [3.05, 3.63) is 120 Å². The number of piperidine rings is 2. The Labute approximate surface area is 304 Å². The Morgan fingerprint density at radius 2 is 1.40 bits per heavy atom. The molecule has 0 radical (unpaired) electrons. The highest BCUT2D eigenvalue weighted by Crippen LogP contribution is 2.40. The van der Waals surface area contributed by atoms with E-state index >= 15 is 0 Å². The molecule has 2 aliphatic rings. The van der Waals surface area contributed by atoms with E-state index in [2.05, 4.69) is 18.7 Å². The second-order valence-electron chi connectivity index (χ2n) is 12.8. The minimum Gasteiger partial charge on any atom is -0.496 e. The van der Waals surface area contributed by atoms with Gasteiger partial charge in [-0.15, -0.1) is 0 Å². The van der Waals surface area contributed by atoms with Crippen molar-refractivity contribution in [2.24, 2.45) is 0 Å². The number of para-hydroxylation sites is 1. The minimum atomic E-state index is -0.164. The van der Waals surface area contributed by atoms with Crippen LogP contribution in [-0.2, 0) is 9.59 Å². The third kappa shape index (κ3) is 8.17. The van der Waals surface area contributed by atoms with Gasteiger partial charge in [0, 0.05) is 69.1 Å². The maximum absolute atomic E-state index is 13.5. The van der Waals surface area contributed by atoms with Crippen LogP contribution < -0.4 is 14.2 Å². The maximum atomic E-state index is 13.5. The zero-order valence-corrected chi connectivity index (χ0v) is 29.2. The fourth-order valence-corrected chi connectivity index (χ4v) is 6.77. The lowest BCUT2D eigenvalue weighted by Crippen LogP contribution is -2.41. The molecular weight excluding hydrogens is 652 g/mol.